The Morgan fingerprint density at radius 2 is 1.79 bits per heavy atom. The summed E-state index contributed by atoms with van der Waals surface area (Å²) in [6, 6.07) is 6.70. The first-order valence-corrected chi connectivity index (χ1v) is 6.18. The molecule has 1 atom stereocenters. The predicted molar refractivity (Wildman–Crippen MR) is 66.9 cm³/mol. The molecule has 19 heavy (non-hydrogen) atoms. The highest BCUT2D eigenvalue weighted by Gasteiger charge is 2.38. The van der Waals surface area contributed by atoms with Gasteiger partial charge in [-0.3, -0.25) is 14.4 Å². The maximum atomic E-state index is 12.3. The number of hydrogen-bond acceptors (Lipinski definition) is 4. The van der Waals surface area contributed by atoms with Crippen LogP contribution in [0.1, 0.15) is 40.5 Å². The van der Waals surface area contributed by atoms with E-state index in [-0.39, 0.29) is 23.1 Å². The van der Waals surface area contributed by atoms with E-state index in [0.717, 1.165) is 0 Å². The van der Waals surface area contributed by atoms with Gasteiger partial charge in [0, 0.05) is 16.7 Å². The normalized spacial score (nSPS) is 21.6. The van der Waals surface area contributed by atoms with Crippen LogP contribution in [0.25, 0.3) is 0 Å². The summed E-state index contributed by atoms with van der Waals surface area (Å²) in [5, 5.41) is 0. The fourth-order valence-corrected chi connectivity index (χ4v) is 2.52. The third-order valence-electron chi connectivity index (χ3n) is 3.54. The molecule has 0 saturated carbocycles. The maximum Gasteiger partial charge on any atom is 0.228 e. The van der Waals surface area contributed by atoms with Crippen LogP contribution >= 0.6 is 0 Å². The number of ketones is 3. The molecule has 4 heteroatoms. The van der Waals surface area contributed by atoms with E-state index in [1.165, 1.54) is 6.92 Å². The number of carbonyl (C=O) groups is 3. The summed E-state index contributed by atoms with van der Waals surface area (Å²) >= 11 is 0. The lowest BCUT2D eigenvalue weighted by Gasteiger charge is -2.29. The van der Waals surface area contributed by atoms with Gasteiger partial charge < -0.3 is 4.74 Å². The van der Waals surface area contributed by atoms with E-state index in [2.05, 4.69) is 0 Å². The van der Waals surface area contributed by atoms with E-state index in [1.54, 1.807) is 24.3 Å². The van der Waals surface area contributed by atoms with Crippen molar-refractivity contribution in [3.63, 3.8) is 0 Å². The summed E-state index contributed by atoms with van der Waals surface area (Å²) < 4.78 is 5.45. The molecule has 0 aromatic heterocycles. The summed E-state index contributed by atoms with van der Waals surface area (Å²) in [5.41, 5.74) is 1.19. The average molecular weight is 256 g/mol. The minimum atomic E-state index is -0.610. The summed E-state index contributed by atoms with van der Waals surface area (Å²) in [6.07, 6.45) is 0.258. The van der Waals surface area contributed by atoms with Crippen LogP contribution < -0.4 is 0 Å². The first kappa shape index (κ1) is 11.8. The minimum absolute atomic E-state index is 0.0650. The number of allylic oxidation sites excluding steroid dienone is 2. The Morgan fingerprint density at radius 1 is 1.16 bits per heavy atom. The SMILES string of the molecule is CC(=O)C1CCC2=C(O1)C(=O)c1ccccc1C2=O. The first-order chi connectivity index (χ1) is 9.09. The molecule has 4 nitrogen and oxygen atoms in total. The van der Waals surface area contributed by atoms with E-state index in [1.807, 2.05) is 0 Å². The highest BCUT2D eigenvalue weighted by atomic mass is 16.5. The van der Waals surface area contributed by atoms with Gasteiger partial charge in [0.1, 0.15) is 0 Å². The molecule has 0 N–H and O–H groups in total. The second-order valence-corrected chi connectivity index (χ2v) is 4.77. The van der Waals surface area contributed by atoms with Crippen molar-refractivity contribution in [2.24, 2.45) is 0 Å². The van der Waals surface area contributed by atoms with Crippen molar-refractivity contribution in [3.8, 4) is 0 Å². The second kappa shape index (κ2) is 4.16. The molecule has 1 unspecified atom stereocenters. The number of fused-ring (bicyclic) bond motifs is 1. The van der Waals surface area contributed by atoms with Gasteiger partial charge in [0.25, 0.3) is 0 Å². The van der Waals surface area contributed by atoms with Gasteiger partial charge in [0.2, 0.25) is 5.78 Å². The predicted octanol–water partition coefficient (Wildman–Crippen LogP) is 2.09. The van der Waals surface area contributed by atoms with Gasteiger partial charge >= 0.3 is 0 Å². The third-order valence-corrected chi connectivity index (χ3v) is 3.54. The third kappa shape index (κ3) is 1.71. The Bertz CT molecular complexity index is 639. The molecule has 0 fully saturated rings. The highest BCUT2D eigenvalue weighted by Crippen LogP contribution is 2.34. The second-order valence-electron chi connectivity index (χ2n) is 4.77. The molecule has 2 aliphatic rings. The molecule has 0 spiro atoms. The van der Waals surface area contributed by atoms with Crippen molar-refractivity contribution < 1.29 is 19.1 Å². The molecule has 0 saturated heterocycles. The monoisotopic (exact) mass is 256 g/mol. The Hall–Kier alpha value is -2.23. The zero-order valence-electron chi connectivity index (χ0n) is 10.4. The summed E-state index contributed by atoms with van der Waals surface area (Å²) in [4.78, 5) is 36.0. The lowest BCUT2D eigenvalue weighted by molar-refractivity contribution is -0.126. The molecule has 3 rings (SSSR count). The fraction of sp³-hybridized carbons (Fsp3) is 0.267. The lowest BCUT2D eigenvalue weighted by atomic mass is 9.84. The van der Waals surface area contributed by atoms with E-state index in [9.17, 15) is 14.4 Å². The quantitative estimate of drug-likeness (QED) is 0.772. The molecule has 96 valence electrons. The first-order valence-electron chi connectivity index (χ1n) is 6.18. The van der Waals surface area contributed by atoms with Crippen LogP contribution in [0.2, 0.25) is 0 Å². The molecule has 0 radical (unpaired) electrons. The molecule has 1 heterocycles. The standard InChI is InChI=1S/C15H12O4/c1-8(16)12-7-6-11-13(17)9-4-2-3-5-10(9)14(18)15(11)19-12/h2-5,12H,6-7H2,1H3. The Morgan fingerprint density at radius 3 is 2.42 bits per heavy atom. The lowest BCUT2D eigenvalue weighted by Crippen LogP contribution is -2.33. The van der Waals surface area contributed by atoms with Crippen molar-refractivity contribution in [2.75, 3.05) is 0 Å². The van der Waals surface area contributed by atoms with Crippen molar-refractivity contribution >= 4 is 17.3 Å². The largest absolute Gasteiger partial charge is 0.478 e. The molecule has 1 aliphatic carbocycles. The molecule has 1 aromatic rings. The van der Waals surface area contributed by atoms with Gasteiger partial charge in [-0.15, -0.1) is 0 Å². The smallest absolute Gasteiger partial charge is 0.228 e. The van der Waals surface area contributed by atoms with Crippen molar-refractivity contribution in [2.45, 2.75) is 25.9 Å². The van der Waals surface area contributed by atoms with Crippen LogP contribution in [0, 0.1) is 0 Å². The molecule has 1 aliphatic heterocycles. The maximum absolute atomic E-state index is 12.3. The number of rotatable bonds is 1. The van der Waals surface area contributed by atoms with Crippen molar-refractivity contribution in [3.05, 3.63) is 46.7 Å². The van der Waals surface area contributed by atoms with Gasteiger partial charge in [-0.05, 0) is 19.8 Å². The van der Waals surface area contributed by atoms with Crippen LogP contribution in [0.15, 0.2) is 35.6 Å². The topological polar surface area (TPSA) is 60.4 Å². The van der Waals surface area contributed by atoms with Crippen LogP contribution in [-0.4, -0.2) is 23.5 Å². The van der Waals surface area contributed by atoms with Crippen molar-refractivity contribution in [1.29, 1.82) is 0 Å². The van der Waals surface area contributed by atoms with Gasteiger partial charge in [0.05, 0.1) is 0 Å². The Kier molecular flexibility index (Phi) is 2.59. The molecule has 1 aromatic carbocycles. The number of carbonyl (C=O) groups excluding carboxylic acids is 3. The van der Waals surface area contributed by atoms with E-state index < -0.39 is 6.10 Å². The summed E-state index contributed by atoms with van der Waals surface area (Å²) in [5.74, 6) is -0.510. The Balaban J connectivity index is 2.08. The number of hydrogen-bond donors (Lipinski definition) is 0. The zero-order chi connectivity index (χ0) is 13.6. The van der Waals surface area contributed by atoms with Gasteiger partial charge in [-0.2, -0.15) is 0 Å². The van der Waals surface area contributed by atoms with Gasteiger partial charge in [0.15, 0.2) is 23.4 Å². The fourth-order valence-electron chi connectivity index (χ4n) is 2.52. The molecular weight excluding hydrogens is 244 g/mol. The van der Waals surface area contributed by atoms with Crippen LogP contribution in [-0.2, 0) is 9.53 Å². The average Bonchev–Trinajstić information content (AvgIpc) is 2.44. The molecule has 0 bridgehead atoms. The summed E-state index contributed by atoms with van der Waals surface area (Å²) in [6.45, 7) is 1.43. The van der Waals surface area contributed by atoms with Crippen molar-refractivity contribution in [1.82, 2.24) is 0 Å². The Labute approximate surface area is 110 Å². The number of Topliss-reactive ketones (excluding diaryl/α,β-unsaturated/α-hetero) is 3. The number of benzene rings is 1. The number of ether oxygens (including phenoxy) is 1. The minimum Gasteiger partial charge on any atom is -0.478 e. The van der Waals surface area contributed by atoms with E-state index in [0.29, 0.717) is 29.5 Å². The molecule has 0 amide bonds. The zero-order valence-corrected chi connectivity index (χ0v) is 10.4. The van der Waals surface area contributed by atoms with Crippen LogP contribution in [0.4, 0.5) is 0 Å². The van der Waals surface area contributed by atoms with E-state index in [4.69, 9.17) is 4.74 Å². The van der Waals surface area contributed by atoms with Crippen LogP contribution in [0.3, 0.4) is 0 Å². The van der Waals surface area contributed by atoms with Crippen LogP contribution in [0.5, 0.6) is 0 Å². The highest BCUT2D eigenvalue weighted by molar-refractivity contribution is 6.26. The van der Waals surface area contributed by atoms with Gasteiger partial charge in [-0.1, -0.05) is 24.3 Å². The van der Waals surface area contributed by atoms with E-state index >= 15 is 0 Å². The van der Waals surface area contributed by atoms with Gasteiger partial charge in [-0.25, -0.2) is 0 Å². The molecular formula is C15H12O4. The summed E-state index contributed by atoms with van der Waals surface area (Å²) in [7, 11) is 0.